The Morgan fingerprint density at radius 1 is 0.700 bits per heavy atom. The van der Waals surface area contributed by atoms with E-state index in [2.05, 4.69) is 126 Å². The van der Waals surface area contributed by atoms with E-state index in [9.17, 15) is 20.4 Å². The number of hydrogen-bond donors (Lipinski definition) is 8. The zero-order chi connectivity index (χ0) is 39.7. The molecule has 292 valence electrons. The predicted molar refractivity (Wildman–Crippen MR) is 206 cm³/mol. The van der Waals surface area contributed by atoms with E-state index in [1.54, 1.807) is 0 Å². The Morgan fingerprint density at radius 3 is 1.22 bits per heavy atom. The van der Waals surface area contributed by atoms with Crippen molar-refractivity contribution in [1.29, 1.82) is 0 Å². The second-order valence-corrected chi connectivity index (χ2v) is 20.9. The second kappa shape index (κ2) is 16.4. The monoisotopic (exact) mass is 746 g/mol. The van der Waals surface area contributed by atoms with Gasteiger partial charge in [-0.1, -0.05) is 153 Å². The van der Waals surface area contributed by atoms with Crippen molar-refractivity contribution in [2.24, 2.45) is 43.8 Å². The molecule has 11 heteroatoms. The molecular weight excluding hydrogens is 674 g/mol. The van der Waals surface area contributed by atoms with Crippen LogP contribution in [0.5, 0.6) is 0 Å². The third kappa shape index (κ3) is 9.76. The van der Waals surface area contributed by atoms with Crippen LogP contribution in [-0.4, -0.2) is 64.9 Å². The smallest absolute Gasteiger partial charge is 0.334 e. The van der Waals surface area contributed by atoms with Crippen molar-refractivity contribution < 1.29 is 44.3 Å². The van der Waals surface area contributed by atoms with Crippen LogP contribution in [0.25, 0.3) is 0 Å². The molecule has 0 spiro atoms. The fourth-order valence-electron chi connectivity index (χ4n) is 7.02. The van der Waals surface area contributed by atoms with E-state index in [4.69, 9.17) is 19.6 Å². The molecule has 50 heavy (non-hydrogen) atoms. The quantitative estimate of drug-likeness (QED) is 0.103. The summed E-state index contributed by atoms with van der Waals surface area (Å²) in [6.45, 7) is 34.0. The third-order valence-corrected chi connectivity index (χ3v) is 13.3. The SMILES string of the molecule is CCC(C)C(O)C(CO)(CO)C(O)(C1=C(C(C)(C)C)CC(C)(C(C)(C)C)C=C1)C1=C(C(C)(C)C)CC(C)(C(C)(C)C)C=C1.OP(O)OP(O)O. The van der Waals surface area contributed by atoms with Crippen molar-refractivity contribution in [1.82, 2.24) is 0 Å². The summed E-state index contributed by atoms with van der Waals surface area (Å²) in [5.41, 5.74) is -1.00. The van der Waals surface area contributed by atoms with E-state index < -0.39 is 47.5 Å². The molecule has 0 heterocycles. The highest BCUT2D eigenvalue weighted by Crippen LogP contribution is 2.60. The van der Waals surface area contributed by atoms with Gasteiger partial charge in [-0.15, -0.1) is 0 Å². The Kier molecular flexibility index (Phi) is 15.6. The van der Waals surface area contributed by atoms with E-state index in [0.717, 1.165) is 24.0 Å². The number of aliphatic hydroxyl groups is 4. The van der Waals surface area contributed by atoms with Gasteiger partial charge in [0.15, 0.2) is 0 Å². The average molecular weight is 747 g/mol. The molecule has 0 radical (unpaired) electrons. The topological polar surface area (TPSA) is 171 Å². The van der Waals surface area contributed by atoms with E-state index in [0.29, 0.717) is 17.6 Å². The molecule has 2 aliphatic carbocycles. The van der Waals surface area contributed by atoms with E-state index in [-0.39, 0.29) is 38.4 Å². The van der Waals surface area contributed by atoms with Gasteiger partial charge in [0.05, 0.1) is 24.7 Å². The van der Waals surface area contributed by atoms with E-state index in [1.807, 2.05) is 13.8 Å². The fraction of sp³-hybridized carbons (Fsp3) is 0.795. The van der Waals surface area contributed by atoms with Gasteiger partial charge in [0.1, 0.15) is 5.60 Å². The Balaban J connectivity index is 0.00000161. The summed E-state index contributed by atoms with van der Waals surface area (Å²) >= 11 is 0. The maximum atomic E-state index is 13.8. The van der Waals surface area contributed by atoms with Gasteiger partial charge in [-0.2, -0.15) is 0 Å². The Hall–Kier alpha value is -0.540. The van der Waals surface area contributed by atoms with Crippen LogP contribution < -0.4 is 0 Å². The highest BCUT2D eigenvalue weighted by molar-refractivity contribution is 7.53. The summed E-state index contributed by atoms with van der Waals surface area (Å²) in [5.74, 6) is -0.261. The summed E-state index contributed by atoms with van der Waals surface area (Å²) in [6.07, 6.45) is 9.51. The van der Waals surface area contributed by atoms with Crippen LogP contribution in [0.1, 0.15) is 130 Å². The first-order valence-electron chi connectivity index (χ1n) is 17.8. The molecule has 0 aromatic heterocycles. The highest BCUT2D eigenvalue weighted by atomic mass is 31.2. The summed E-state index contributed by atoms with van der Waals surface area (Å²) in [4.78, 5) is 31.3. The van der Waals surface area contributed by atoms with Crippen molar-refractivity contribution in [3.05, 3.63) is 46.6 Å². The van der Waals surface area contributed by atoms with Crippen LogP contribution in [0.3, 0.4) is 0 Å². The summed E-state index contributed by atoms with van der Waals surface area (Å²) in [7, 11) is -5.22. The van der Waals surface area contributed by atoms with Gasteiger partial charge in [0.2, 0.25) is 0 Å². The normalized spacial score (nSPS) is 25.2. The van der Waals surface area contributed by atoms with Crippen LogP contribution in [0, 0.1) is 43.8 Å². The Bertz CT molecular complexity index is 1190. The van der Waals surface area contributed by atoms with Crippen molar-refractivity contribution in [2.75, 3.05) is 13.2 Å². The third-order valence-electron chi connectivity index (χ3n) is 12.2. The molecule has 0 bridgehead atoms. The molecular formula is C39H72O9P2. The van der Waals surface area contributed by atoms with Crippen LogP contribution in [-0.2, 0) is 4.31 Å². The summed E-state index contributed by atoms with van der Waals surface area (Å²) < 4.78 is 3.60. The molecule has 4 unspecified atom stereocenters. The molecule has 0 amide bonds. The number of allylic oxidation sites excluding steroid dienone is 4. The van der Waals surface area contributed by atoms with Crippen LogP contribution in [0.15, 0.2) is 46.6 Å². The fourth-order valence-corrected chi connectivity index (χ4v) is 7.54. The molecule has 2 aliphatic rings. The average Bonchev–Trinajstić information content (AvgIpc) is 2.94. The van der Waals surface area contributed by atoms with Crippen molar-refractivity contribution in [3.63, 3.8) is 0 Å². The van der Waals surface area contributed by atoms with Crippen LogP contribution >= 0.6 is 17.2 Å². The molecule has 4 atom stereocenters. The maximum Gasteiger partial charge on any atom is 0.334 e. The molecule has 0 aromatic rings. The highest BCUT2D eigenvalue weighted by Gasteiger charge is 2.62. The minimum Gasteiger partial charge on any atom is -0.395 e. The van der Waals surface area contributed by atoms with Crippen LogP contribution in [0.2, 0.25) is 0 Å². The van der Waals surface area contributed by atoms with E-state index >= 15 is 0 Å². The molecule has 0 aliphatic heterocycles. The lowest BCUT2D eigenvalue weighted by Crippen LogP contribution is -2.64. The van der Waals surface area contributed by atoms with Gasteiger partial charge in [-0.05, 0) is 62.4 Å². The molecule has 0 saturated carbocycles. The van der Waals surface area contributed by atoms with Crippen molar-refractivity contribution in [2.45, 2.75) is 142 Å². The summed E-state index contributed by atoms with van der Waals surface area (Å²) in [6, 6.07) is 0. The van der Waals surface area contributed by atoms with Gasteiger partial charge >= 0.3 is 17.2 Å². The lowest BCUT2D eigenvalue weighted by atomic mass is 9.51. The van der Waals surface area contributed by atoms with E-state index in [1.165, 1.54) is 0 Å². The maximum absolute atomic E-state index is 13.8. The first-order chi connectivity index (χ1) is 22.3. The van der Waals surface area contributed by atoms with Gasteiger partial charge in [0, 0.05) is 0 Å². The minimum atomic E-state index is -2.61. The minimum absolute atomic E-state index is 0.0416. The lowest BCUT2D eigenvalue weighted by Gasteiger charge is -2.56. The first kappa shape index (κ1) is 47.5. The van der Waals surface area contributed by atoms with Gasteiger partial charge in [-0.25, -0.2) is 4.31 Å². The zero-order valence-corrected chi connectivity index (χ0v) is 35.7. The largest absolute Gasteiger partial charge is 0.395 e. The van der Waals surface area contributed by atoms with Gasteiger partial charge in [-0.3, -0.25) is 0 Å². The first-order valence-corrected chi connectivity index (χ1v) is 20.1. The Labute approximate surface area is 306 Å². The zero-order valence-electron chi connectivity index (χ0n) is 33.9. The molecule has 8 N–H and O–H groups in total. The molecule has 0 fully saturated rings. The molecule has 9 nitrogen and oxygen atoms in total. The standard InChI is InChI=1S/C39H68O4.H4O5P2/c1-17-26(2)31(42)38(24-40,25-41)39(43,27-18-20-36(15,34(9,10)11)22-29(27)32(3,4)5)28-19-21-37(16,35(12,13)14)23-30(28)33(6,7)8;1-6(2)5-7(3)4/h18-21,26,31,40-43H,17,22-25H2,1-16H3;1-4H. The summed E-state index contributed by atoms with van der Waals surface area (Å²) in [5, 5.41) is 48.6. The van der Waals surface area contributed by atoms with Crippen LogP contribution in [0.4, 0.5) is 0 Å². The number of rotatable bonds is 10. The Morgan fingerprint density at radius 2 is 1.02 bits per heavy atom. The number of aliphatic hydroxyl groups excluding tert-OH is 3. The van der Waals surface area contributed by atoms with Gasteiger partial charge in [0.25, 0.3) is 0 Å². The lowest BCUT2D eigenvalue weighted by molar-refractivity contribution is -0.164. The van der Waals surface area contributed by atoms with Crippen molar-refractivity contribution in [3.8, 4) is 0 Å². The van der Waals surface area contributed by atoms with Crippen molar-refractivity contribution >= 4 is 17.2 Å². The molecule has 2 rings (SSSR count). The predicted octanol–water partition coefficient (Wildman–Crippen LogP) is 8.23. The second-order valence-electron chi connectivity index (χ2n) is 19.2. The number of hydrogen-bond acceptors (Lipinski definition) is 9. The van der Waals surface area contributed by atoms with Gasteiger partial charge < -0.3 is 40.0 Å². The molecule has 0 saturated heterocycles. The molecule has 0 aromatic carbocycles.